The van der Waals surface area contributed by atoms with E-state index in [1.807, 2.05) is 30.3 Å². The topological polar surface area (TPSA) is 197 Å². The molecule has 0 saturated heterocycles. The van der Waals surface area contributed by atoms with E-state index in [1.165, 1.54) is 11.6 Å². The SMILES string of the molecule is CCOC(=O)/C=C/C1(NC(=O)CNC(=O)C2(NC(=O)OCC3C4=C(CCC=C4)c4ccccc43)C[C@H]2CC(=O)O)C[C@H]1C(=O)O. The minimum atomic E-state index is -1.59. The summed E-state index contributed by atoms with van der Waals surface area (Å²) in [6.45, 7) is 1.16. The maximum absolute atomic E-state index is 13.3. The summed E-state index contributed by atoms with van der Waals surface area (Å²) in [6, 6.07) is 7.93. The number of fused-ring (bicyclic) bond motifs is 2. The fraction of sp³-hybridized carbons (Fsp3) is 0.438. The van der Waals surface area contributed by atoms with Gasteiger partial charge in [-0.1, -0.05) is 42.5 Å². The molecule has 0 spiro atoms. The van der Waals surface area contributed by atoms with Crippen molar-refractivity contribution in [1.29, 1.82) is 0 Å². The van der Waals surface area contributed by atoms with Gasteiger partial charge in [-0.15, -0.1) is 0 Å². The summed E-state index contributed by atoms with van der Waals surface area (Å²) in [4.78, 5) is 73.7. The number of esters is 1. The molecule has 0 bridgehead atoms. The van der Waals surface area contributed by atoms with Gasteiger partial charge in [-0.2, -0.15) is 0 Å². The number of allylic oxidation sites excluding steroid dienone is 3. The molecule has 13 heteroatoms. The Bertz CT molecular complexity index is 1530. The second kappa shape index (κ2) is 12.6. The summed E-state index contributed by atoms with van der Waals surface area (Å²) in [7, 11) is 0. The number of alkyl carbamates (subject to hydrolysis) is 1. The van der Waals surface area contributed by atoms with E-state index in [0.29, 0.717) is 0 Å². The van der Waals surface area contributed by atoms with E-state index in [4.69, 9.17) is 9.47 Å². The first-order chi connectivity index (χ1) is 21.5. The number of benzene rings is 1. The molecule has 5 N–H and O–H groups in total. The number of hydrogen-bond donors (Lipinski definition) is 5. The van der Waals surface area contributed by atoms with E-state index in [2.05, 4.69) is 22.0 Å². The molecule has 0 heterocycles. The zero-order valence-electron chi connectivity index (χ0n) is 24.7. The van der Waals surface area contributed by atoms with Gasteiger partial charge in [0, 0.05) is 17.9 Å². The molecule has 238 valence electrons. The molecule has 2 saturated carbocycles. The smallest absolute Gasteiger partial charge is 0.408 e. The van der Waals surface area contributed by atoms with Crippen molar-refractivity contribution in [3.63, 3.8) is 0 Å². The van der Waals surface area contributed by atoms with Crippen LogP contribution in [0.4, 0.5) is 4.79 Å². The minimum Gasteiger partial charge on any atom is -0.481 e. The Morgan fingerprint density at radius 3 is 2.53 bits per heavy atom. The Morgan fingerprint density at radius 1 is 1.04 bits per heavy atom. The minimum absolute atomic E-state index is 0.0157. The van der Waals surface area contributed by atoms with Crippen molar-refractivity contribution in [2.24, 2.45) is 11.8 Å². The normalized spacial score (nSPS) is 27.2. The molecule has 3 amide bonds. The summed E-state index contributed by atoms with van der Waals surface area (Å²) in [5.41, 5.74) is 1.56. The molecule has 4 aliphatic rings. The summed E-state index contributed by atoms with van der Waals surface area (Å²) in [5, 5.41) is 26.3. The maximum atomic E-state index is 13.3. The van der Waals surface area contributed by atoms with Crippen LogP contribution in [0, 0.1) is 11.8 Å². The van der Waals surface area contributed by atoms with Gasteiger partial charge >= 0.3 is 24.0 Å². The van der Waals surface area contributed by atoms with Crippen LogP contribution in [0.25, 0.3) is 5.57 Å². The lowest BCUT2D eigenvalue weighted by Gasteiger charge is -2.21. The lowest BCUT2D eigenvalue weighted by molar-refractivity contribution is -0.140. The molecule has 3 unspecified atom stereocenters. The van der Waals surface area contributed by atoms with Gasteiger partial charge in [0.1, 0.15) is 12.1 Å². The highest BCUT2D eigenvalue weighted by Gasteiger charge is 2.62. The van der Waals surface area contributed by atoms with Crippen LogP contribution in [0.1, 0.15) is 56.1 Å². The highest BCUT2D eigenvalue weighted by atomic mass is 16.5. The van der Waals surface area contributed by atoms with Crippen molar-refractivity contribution in [2.45, 2.75) is 56.0 Å². The Morgan fingerprint density at radius 2 is 1.82 bits per heavy atom. The van der Waals surface area contributed by atoms with Crippen LogP contribution in [0.3, 0.4) is 0 Å². The van der Waals surface area contributed by atoms with Gasteiger partial charge < -0.3 is 35.6 Å². The zero-order chi connectivity index (χ0) is 32.4. The first kappa shape index (κ1) is 31.5. The van der Waals surface area contributed by atoms with Crippen LogP contribution in [0.2, 0.25) is 0 Å². The lowest BCUT2D eigenvalue weighted by atomic mass is 9.93. The number of carboxylic acids is 2. The van der Waals surface area contributed by atoms with Crippen molar-refractivity contribution in [3.05, 3.63) is 65.3 Å². The molecule has 4 aliphatic carbocycles. The summed E-state index contributed by atoms with van der Waals surface area (Å²) in [6.07, 6.45) is 7.03. The Balaban J connectivity index is 1.20. The third kappa shape index (κ3) is 6.61. The number of carboxylic acid groups (broad SMARTS) is 2. The number of amides is 3. The number of aliphatic carboxylic acids is 2. The Labute approximate surface area is 258 Å². The van der Waals surface area contributed by atoms with E-state index in [-0.39, 0.29) is 38.4 Å². The predicted molar refractivity (Wildman–Crippen MR) is 157 cm³/mol. The van der Waals surface area contributed by atoms with E-state index >= 15 is 0 Å². The van der Waals surface area contributed by atoms with Crippen LogP contribution < -0.4 is 16.0 Å². The molecular weight excluding hydrogens is 586 g/mol. The quantitative estimate of drug-likeness (QED) is 0.161. The highest BCUT2D eigenvalue weighted by Crippen LogP contribution is 2.48. The third-order valence-electron chi connectivity index (χ3n) is 8.77. The van der Waals surface area contributed by atoms with Gasteiger partial charge in [-0.25, -0.2) is 9.59 Å². The number of nitrogens with one attached hydrogen (secondary N) is 3. The largest absolute Gasteiger partial charge is 0.481 e. The molecular formula is C32H35N3O10. The molecule has 1 aromatic rings. The van der Waals surface area contributed by atoms with Crippen LogP contribution in [-0.2, 0) is 33.4 Å². The fourth-order valence-electron chi connectivity index (χ4n) is 6.35. The van der Waals surface area contributed by atoms with Gasteiger partial charge in [-0.3, -0.25) is 19.2 Å². The summed E-state index contributed by atoms with van der Waals surface area (Å²) >= 11 is 0. The van der Waals surface area contributed by atoms with E-state index in [1.54, 1.807) is 6.92 Å². The molecule has 0 radical (unpaired) electrons. The van der Waals surface area contributed by atoms with Crippen LogP contribution in [0.5, 0.6) is 0 Å². The first-order valence-electron chi connectivity index (χ1n) is 14.8. The molecule has 13 nitrogen and oxygen atoms in total. The molecule has 0 aromatic heterocycles. The molecule has 1 aromatic carbocycles. The van der Waals surface area contributed by atoms with Crippen molar-refractivity contribution >= 4 is 41.4 Å². The average Bonchev–Trinajstić information content (AvgIpc) is 3.87. The second-order valence-electron chi connectivity index (χ2n) is 11.7. The van der Waals surface area contributed by atoms with Gasteiger partial charge in [0.25, 0.3) is 0 Å². The van der Waals surface area contributed by atoms with Gasteiger partial charge in [0.15, 0.2) is 0 Å². The van der Waals surface area contributed by atoms with Gasteiger partial charge in [0.05, 0.1) is 31.0 Å². The second-order valence-corrected chi connectivity index (χ2v) is 11.7. The number of ether oxygens (including phenoxy) is 2. The van der Waals surface area contributed by atoms with Crippen molar-refractivity contribution in [1.82, 2.24) is 16.0 Å². The number of carbonyl (C=O) groups is 6. The Kier molecular flexibility index (Phi) is 8.80. The predicted octanol–water partition coefficient (Wildman–Crippen LogP) is 2.04. The van der Waals surface area contributed by atoms with Crippen molar-refractivity contribution in [3.8, 4) is 0 Å². The summed E-state index contributed by atoms with van der Waals surface area (Å²) in [5.74, 6) is -6.41. The number of rotatable bonds is 13. The fourth-order valence-corrected chi connectivity index (χ4v) is 6.35. The molecule has 0 aliphatic heterocycles. The maximum Gasteiger partial charge on any atom is 0.408 e. The zero-order valence-corrected chi connectivity index (χ0v) is 24.7. The van der Waals surface area contributed by atoms with Gasteiger partial charge in [-0.05, 0) is 54.9 Å². The van der Waals surface area contributed by atoms with Crippen LogP contribution >= 0.6 is 0 Å². The van der Waals surface area contributed by atoms with E-state index in [0.717, 1.165) is 35.6 Å². The highest BCUT2D eigenvalue weighted by molar-refractivity contribution is 5.97. The third-order valence-corrected chi connectivity index (χ3v) is 8.77. The molecule has 45 heavy (non-hydrogen) atoms. The molecule has 5 atom stereocenters. The Hall–Kier alpha value is -4.94. The van der Waals surface area contributed by atoms with Crippen molar-refractivity contribution < 1.29 is 48.5 Å². The molecule has 5 rings (SSSR count). The average molecular weight is 622 g/mol. The summed E-state index contributed by atoms with van der Waals surface area (Å²) < 4.78 is 10.4. The monoisotopic (exact) mass is 621 g/mol. The standard InChI is InChI=1S/C32H35N3O10/c1-2-44-27(39)11-12-31(15-24(31)28(40)41)34-25(36)16-33-29(42)32(14-18(32)13-26(37)38)35-30(43)45-17-23-21-9-5-3-7-19(21)20-8-4-6-10-22(20)23/h3,5-7,9-12,18,23-24H,2,4,8,13-17H2,1H3,(H,33,42)(H,34,36)(H,35,43)(H,37,38)(H,40,41)/b12-11+/t18-,23?,24+,31?,32?/m1/s1. The van der Waals surface area contributed by atoms with Crippen LogP contribution in [0.15, 0.2) is 54.1 Å². The van der Waals surface area contributed by atoms with E-state index in [9.17, 15) is 39.0 Å². The number of hydrogen-bond acceptors (Lipinski definition) is 8. The first-order valence-corrected chi connectivity index (χ1v) is 14.8. The van der Waals surface area contributed by atoms with E-state index < -0.39 is 65.3 Å². The van der Waals surface area contributed by atoms with Crippen molar-refractivity contribution in [2.75, 3.05) is 19.8 Å². The van der Waals surface area contributed by atoms with Gasteiger partial charge in [0.2, 0.25) is 11.8 Å². The lowest BCUT2D eigenvalue weighted by Crippen LogP contribution is -2.53. The van der Waals surface area contributed by atoms with Crippen LogP contribution in [-0.4, -0.2) is 76.9 Å². The molecule has 2 fully saturated rings. The number of carbonyl (C=O) groups excluding carboxylic acids is 4.